The van der Waals surface area contributed by atoms with Crippen LogP contribution in [0.5, 0.6) is 0 Å². The largest absolute Gasteiger partial charge is 0.462 e. The number of aliphatic hydroxyl groups is 1. The van der Waals surface area contributed by atoms with Crippen molar-refractivity contribution in [2.75, 3.05) is 0 Å². The molecule has 40 valence electrons. The van der Waals surface area contributed by atoms with Crippen LogP contribution in [0.3, 0.4) is 0 Å². The van der Waals surface area contributed by atoms with E-state index in [1.807, 2.05) is 6.11 Å². The second-order valence-electron chi connectivity index (χ2n) is 1.39. The second-order valence-corrected chi connectivity index (χ2v) is 1.39. The summed E-state index contributed by atoms with van der Waals surface area (Å²) in [5.74, 6) is 2.55. The summed E-state index contributed by atoms with van der Waals surface area (Å²) in [5, 5.41) is 7.93. The van der Waals surface area contributed by atoms with E-state index < -0.39 is 0 Å². The summed E-state index contributed by atoms with van der Waals surface area (Å²) in [4.78, 5) is 0. The lowest BCUT2D eigenvalue weighted by Gasteiger charge is -1.80. The zero-order valence-electron chi connectivity index (χ0n) is 4.57. The van der Waals surface area contributed by atoms with Gasteiger partial charge in [0.15, 0.2) is 0 Å². The minimum atomic E-state index is 0.826. The summed E-state index contributed by atoms with van der Waals surface area (Å²) in [6, 6.07) is 0. The molecule has 0 atom stereocenters. The van der Waals surface area contributed by atoms with E-state index in [9.17, 15) is 0 Å². The first-order chi connectivity index (χ1) is 3.41. The van der Waals surface area contributed by atoms with Gasteiger partial charge >= 0.3 is 0 Å². The molecule has 0 aliphatic heterocycles. The first-order valence-corrected chi connectivity index (χ1v) is 2.53. The third-order valence-electron chi connectivity index (χ3n) is 0.734. The van der Waals surface area contributed by atoms with Gasteiger partial charge in [0.2, 0.25) is 0 Å². The van der Waals surface area contributed by atoms with Crippen molar-refractivity contribution in [2.24, 2.45) is 0 Å². The Balaban J connectivity index is 2.78. The van der Waals surface area contributed by atoms with Crippen molar-refractivity contribution in [3.05, 3.63) is 0 Å². The van der Waals surface area contributed by atoms with Gasteiger partial charge in [-0.2, -0.15) is 0 Å². The van der Waals surface area contributed by atoms with Crippen LogP contribution in [0.4, 0.5) is 0 Å². The Morgan fingerprint density at radius 1 is 1.57 bits per heavy atom. The molecule has 0 spiro atoms. The fourth-order valence-electron chi connectivity index (χ4n) is 0.321. The molecule has 0 aromatic carbocycles. The Morgan fingerprint density at radius 3 is 2.71 bits per heavy atom. The van der Waals surface area contributed by atoms with Gasteiger partial charge in [-0.1, -0.05) is 19.3 Å². The smallest absolute Gasteiger partial charge is 0.107 e. The average molecular weight is 98.1 g/mol. The second kappa shape index (κ2) is 5.36. The predicted octanol–water partition coefficient (Wildman–Crippen LogP) is 1.51. The number of aliphatic hydroxyl groups excluding tert-OH is 1. The Labute approximate surface area is 44.4 Å². The summed E-state index contributed by atoms with van der Waals surface area (Å²) in [6.45, 7) is 2.10. The fourth-order valence-corrected chi connectivity index (χ4v) is 0.321. The minimum Gasteiger partial charge on any atom is -0.462 e. The van der Waals surface area contributed by atoms with Crippen LogP contribution in [0, 0.1) is 12.0 Å². The quantitative estimate of drug-likeness (QED) is 0.410. The van der Waals surface area contributed by atoms with Gasteiger partial charge in [-0.15, -0.1) is 0 Å². The minimum absolute atomic E-state index is 0.826. The van der Waals surface area contributed by atoms with Gasteiger partial charge in [-0.3, -0.25) is 0 Å². The van der Waals surface area contributed by atoms with E-state index in [4.69, 9.17) is 5.11 Å². The van der Waals surface area contributed by atoms with Crippen LogP contribution in [0.2, 0.25) is 0 Å². The third kappa shape index (κ3) is 5.36. The highest BCUT2D eigenvalue weighted by Crippen LogP contribution is 1.89. The van der Waals surface area contributed by atoms with Gasteiger partial charge in [0.25, 0.3) is 0 Å². The van der Waals surface area contributed by atoms with Crippen molar-refractivity contribution in [1.29, 1.82) is 0 Å². The normalized spacial score (nSPS) is 7.00. The number of hydrogen-bond donors (Lipinski definition) is 1. The van der Waals surface area contributed by atoms with Gasteiger partial charge in [-0.05, 0) is 6.42 Å². The molecule has 0 amide bonds. The van der Waals surface area contributed by atoms with E-state index in [2.05, 4.69) is 12.8 Å². The van der Waals surface area contributed by atoms with Crippen LogP contribution in [0.15, 0.2) is 0 Å². The standard InChI is InChI=1S/C6H10O/c1-2-3-4-5-6-7/h7H,2-4H2,1H3. The first kappa shape index (κ1) is 6.36. The van der Waals surface area contributed by atoms with Crippen molar-refractivity contribution >= 4 is 0 Å². The van der Waals surface area contributed by atoms with Gasteiger partial charge < -0.3 is 5.11 Å². The molecule has 0 radical (unpaired) electrons. The highest BCUT2D eigenvalue weighted by molar-refractivity contribution is 4.88. The van der Waals surface area contributed by atoms with Gasteiger partial charge in [0, 0.05) is 6.42 Å². The fraction of sp³-hybridized carbons (Fsp3) is 0.667. The molecule has 0 heterocycles. The maximum Gasteiger partial charge on any atom is 0.107 e. The lowest BCUT2D eigenvalue weighted by atomic mass is 10.3. The predicted molar refractivity (Wildman–Crippen MR) is 29.2 cm³/mol. The van der Waals surface area contributed by atoms with Crippen molar-refractivity contribution in [2.45, 2.75) is 26.2 Å². The molecular formula is C6H10O. The number of hydrogen-bond acceptors (Lipinski definition) is 1. The maximum absolute atomic E-state index is 7.93. The summed E-state index contributed by atoms with van der Waals surface area (Å²) in [6.07, 6.45) is 4.92. The van der Waals surface area contributed by atoms with Crippen molar-refractivity contribution in [3.63, 3.8) is 0 Å². The van der Waals surface area contributed by atoms with Crippen LogP contribution in [0.1, 0.15) is 26.2 Å². The molecule has 0 aromatic heterocycles. The Bertz CT molecular complexity index is 75.9. The summed E-state index contributed by atoms with van der Waals surface area (Å²) >= 11 is 0. The van der Waals surface area contributed by atoms with Gasteiger partial charge in [0.1, 0.15) is 6.11 Å². The Hall–Kier alpha value is -0.640. The monoisotopic (exact) mass is 98.1 g/mol. The van der Waals surface area contributed by atoms with Crippen molar-refractivity contribution in [1.82, 2.24) is 0 Å². The lowest BCUT2D eigenvalue weighted by molar-refractivity contribution is 0.515. The average Bonchev–Trinajstić information content (AvgIpc) is 1.69. The van der Waals surface area contributed by atoms with E-state index in [1.54, 1.807) is 0 Å². The van der Waals surface area contributed by atoms with Gasteiger partial charge in [-0.25, -0.2) is 0 Å². The van der Waals surface area contributed by atoms with E-state index in [0.717, 1.165) is 19.3 Å². The molecule has 0 aromatic rings. The van der Waals surface area contributed by atoms with Crippen LogP contribution in [0.25, 0.3) is 0 Å². The summed E-state index contributed by atoms with van der Waals surface area (Å²) in [5.41, 5.74) is 0. The van der Waals surface area contributed by atoms with Crippen LogP contribution in [-0.4, -0.2) is 5.11 Å². The Morgan fingerprint density at radius 2 is 2.29 bits per heavy atom. The molecule has 0 unspecified atom stereocenters. The van der Waals surface area contributed by atoms with Crippen LogP contribution >= 0.6 is 0 Å². The third-order valence-corrected chi connectivity index (χ3v) is 0.734. The molecule has 0 saturated carbocycles. The topological polar surface area (TPSA) is 20.2 Å². The van der Waals surface area contributed by atoms with Crippen LogP contribution < -0.4 is 0 Å². The van der Waals surface area contributed by atoms with Crippen molar-refractivity contribution in [3.8, 4) is 12.0 Å². The van der Waals surface area contributed by atoms with E-state index >= 15 is 0 Å². The molecule has 7 heavy (non-hydrogen) atoms. The van der Waals surface area contributed by atoms with Crippen LogP contribution in [-0.2, 0) is 0 Å². The summed E-state index contributed by atoms with van der Waals surface area (Å²) in [7, 11) is 0. The first-order valence-electron chi connectivity index (χ1n) is 2.53. The number of unbranched alkanes of at least 4 members (excludes halogenated alkanes) is 2. The molecule has 1 nitrogen and oxygen atoms in total. The molecule has 0 bridgehead atoms. The van der Waals surface area contributed by atoms with Gasteiger partial charge in [0.05, 0.1) is 0 Å². The molecule has 0 saturated heterocycles. The zero-order valence-corrected chi connectivity index (χ0v) is 4.57. The highest BCUT2D eigenvalue weighted by Gasteiger charge is 1.73. The summed E-state index contributed by atoms with van der Waals surface area (Å²) < 4.78 is 0. The molecule has 0 aliphatic carbocycles. The molecule has 0 fully saturated rings. The van der Waals surface area contributed by atoms with E-state index in [1.165, 1.54) is 0 Å². The Kier molecular flexibility index (Phi) is 4.87. The molecular weight excluding hydrogens is 88.1 g/mol. The van der Waals surface area contributed by atoms with Crippen molar-refractivity contribution < 1.29 is 5.11 Å². The SMILES string of the molecule is CCCCC#CO. The maximum atomic E-state index is 7.93. The zero-order chi connectivity index (χ0) is 5.54. The molecule has 0 rings (SSSR count). The molecule has 1 heteroatoms. The molecule has 0 aliphatic rings. The highest BCUT2D eigenvalue weighted by atomic mass is 16.2. The molecule has 1 N–H and O–H groups in total. The van der Waals surface area contributed by atoms with E-state index in [-0.39, 0.29) is 0 Å². The lowest BCUT2D eigenvalue weighted by Crippen LogP contribution is -1.65. The number of rotatable bonds is 2. The van der Waals surface area contributed by atoms with E-state index in [0.29, 0.717) is 0 Å².